The van der Waals surface area contributed by atoms with E-state index in [4.69, 9.17) is 21.1 Å². The summed E-state index contributed by atoms with van der Waals surface area (Å²) in [6, 6.07) is 13.4. The molecule has 0 radical (unpaired) electrons. The molecule has 0 heterocycles. The molecule has 0 fully saturated rings. The molecule has 100 valence electrons. The minimum absolute atomic E-state index is 0.655. The number of nitrogens with one attached hydrogen (secondary N) is 1. The van der Waals surface area contributed by atoms with Crippen LogP contribution in [0.2, 0.25) is 5.02 Å². The van der Waals surface area contributed by atoms with Crippen molar-refractivity contribution in [2.24, 2.45) is 0 Å². The van der Waals surface area contributed by atoms with Crippen LogP contribution >= 0.6 is 11.6 Å². The lowest BCUT2D eigenvalue weighted by molar-refractivity contribution is 0.352. The quantitative estimate of drug-likeness (QED) is 0.897. The van der Waals surface area contributed by atoms with Gasteiger partial charge in [-0.05, 0) is 30.3 Å². The fraction of sp³-hybridized carbons (Fsp3) is 0.200. The van der Waals surface area contributed by atoms with Gasteiger partial charge in [0, 0.05) is 22.8 Å². The Bertz CT molecular complexity index is 540. The number of benzene rings is 2. The van der Waals surface area contributed by atoms with Crippen LogP contribution < -0.4 is 14.8 Å². The molecule has 0 aromatic heterocycles. The molecule has 0 atom stereocenters. The lowest BCUT2D eigenvalue weighted by Gasteiger charge is -2.13. The second kappa shape index (κ2) is 6.34. The van der Waals surface area contributed by atoms with E-state index in [0.717, 1.165) is 27.8 Å². The van der Waals surface area contributed by atoms with E-state index in [1.54, 1.807) is 14.2 Å². The predicted molar refractivity (Wildman–Crippen MR) is 78.3 cm³/mol. The Balaban J connectivity index is 2.13. The van der Waals surface area contributed by atoms with Gasteiger partial charge in [0.25, 0.3) is 0 Å². The molecule has 1 N–H and O–H groups in total. The summed E-state index contributed by atoms with van der Waals surface area (Å²) in [6.07, 6.45) is 0. The minimum atomic E-state index is 0.655. The maximum Gasteiger partial charge on any atom is 0.165 e. The highest BCUT2D eigenvalue weighted by atomic mass is 35.5. The summed E-state index contributed by atoms with van der Waals surface area (Å²) in [5, 5.41) is 4.05. The maximum atomic E-state index is 5.85. The number of hydrogen-bond acceptors (Lipinski definition) is 3. The summed E-state index contributed by atoms with van der Waals surface area (Å²) in [5.41, 5.74) is 2.05. The van der Waals surface area contributed by atoms with Crippen LogP contribution in [0.25, 0.3) is 0 Å². The number of ether oxygens (including phenoxy) is 2. The van der Waals surface area contributed by atoms with Gasteiger partial charge < -0.3 is 14.8 Å². The molecule has 0 saturated carbocycles. The molecular weight excluding hydrogens is 262 g/mol. The van der Waals surface area contributed by atoms with Gasteiger partial charge in [0.05, 0.1) is 14.2 Å². The lowest BCUT2D eigenvalue weighted by atomic mass is 10.1. The second-order valence-electron chi connectivity index (χ2n) is 4.01. The number of halogens is 1. The van der Waals surface area contributed by atoms with E-state index < -0.39 is 0 Å². The van der Waals surface area contributed by atoms with Crippen LogP contribution in [0.4, 0.5) is 5.69 Å². The van der Waals surface area contributed by atoms with E-state index in [1.165, 1.54) is 0 Å². The van der Waals surface area contributed by atoms with Gasteiger partial charge in [-0.1, -0.05) is 23.7 Å². The Morgan fingerprint density at radius 3 is 2.37 bits per heavy atom. The number of rotatable bonds is 5. The molecule has 2 rings (SSSR count). The zero-order valence-electron chi connectivity index (χ0n) is 10.9. The van der Waals surface area contributed by atoms with E-state index in [1.807, 2.05) is 42.5 Å². The predicted octanol–water partition coefficient (Wildman–Crippen LogP) is 3.97. The van der Waals surface area contributed by atoms with Crippen LogP contribution in [0, 0.1) is 0 Å². The van der Waals surface area contributed by atoms with E-state index in [9.17, 15) is 0 Å². The molecule has 0 amide bonds. The van der Waals surface area contributed by atoms with E-state index in [2.05, 4.69) is 5.32 Å². The molecule has 0 spiro atoms. The third-order valence-corrected chi connectivity index (χ3v) is 3.06. The van der Waals surface area contributed by atoms with Gasteiger partial charge in [0.1, 0.15) is 0 Å². The average Bonchev–Trinajstić information content (AvgIpc) is 2.46. The summed E-state index contributed by atoms with van der Waals surface area (Å²) in [6.45, 7) is 0.655. The van der Waals surface area contributed by atoms with Gasteiger partial charge in [-0.15, -0.1) is 0 Å². The Labute approximate surface area is 118 Å². The van der Waals surface area contributed by atoms with Crippen LogP contribution in [-0.2, 0) is 6.54 Å². The zero-order valence-corrected chi connectivity index (χ0v) is 11.7. The first-order chi connectivity index (χ1) is 9.24. The number of anilines is 1. The molecule has 0 aliphatic heterocycles. The molecule has 2 aromatic rings. The first kappa shape index (κ1) is 13.6. The molecule has 3 nitrogen and oxygen atoms in total. The fourth-order valence-electron chi connectivity index (χ4n) is 1.86. The summed E-state index contributed by atoms with van der Waals surface area (Å²) in [5.74, 6) is 1.49. The van der Waals surface area contributed by atoms with Gasteiger partial charge >= 0.3 is 0 Å². The van der Waals surface area contributed by atoms with Gasteiger partial charge in [-0.2, -0.15) is 0 Å². The highest BCUT2D eigenvalue weighted by Gasteiger charge is 2.08. The summed E-state index contributed by atoms with van der Waals surface area (Å²) in [7, 11) is 3.28. The van der Waals surface area contributed by atoms with Crippen LogP contribution in [-0.4, -0.2) is 14.2 Å². The summed E-state index contributed by atoms with van der Waals surface area (Å²) < 4.78 is 10.7. The van der Waals surface area contributed by atoms with Crippen molar-refractivity contribution in [3.05, 3.63) is 53.1 Å². The van der Waals surface area contributed by atoms with Crippen LogP contribution in [0.15, 0.2) is 42.5 Å². The van der Waals surface area contributed by atoms with Gasteiger partial charge in [-0.25, -0.2) is 0 Å². The Morgan fingerprint density at radius 1 is 1.00 bits per heavy atom. The lowest BCUT2D eigenvalue weighted by Crippen LogP contribution is -2.02. The van der Waals surface area contributed by atoms with Crippen molar-refractivity contribution in [2.45, 2.75) is 6.54 Å². The molecule has 0 aliphatic rings. The van der Waals surface area contributed by atoms with Crippen molar-refractivity contribution >= 4 is 17.3 Å². The van der Waals surface area contributed by atoms with E-state index in [0.29, 0.717) is 6.54 Å². The van der Waals surface area contributed by atoms with Crippen molar-refractivity contribution in [1.29, 1.82) is 0 Å². The van der Waals surface area contributed by atoms with Crippen molar-refractivity contribution in [3.63, 3.8) is 0 Å². The van der Waals surface area contributed by atoms with Crippen molar-refractivity contribution < 1.29 is 9.47 Å². The van der Waals surface area contributed by atoms with Crippen molar-refractivity contribution in [2.75, 3.05) is 19.5 Å². The van der Waals surface area contributed by atoms with Crippen molar-refractivity contribution in [1.82, 2.24) is 0 Å². The Kier molecular flexibility index (Phi) is 4.53. The standard InChI is InChI=1S/C15H16ClNO2/c1-18-14-5-3-4-11(15(14)19-2)10-17-13-8-6-12(16)7-9-13/h3-9,17H,10H2,1-2H3. The molecule has 2 aromatic carbocycles. The smallest absolute Gasteiger partial charge is 0.165 e. The minimum Gasteiger partial charge on any atom is -0.493 e. The molecule has 4 heteroatoms. The molecule has 19 heavy (non-hydrogen) atoms. The topological polar surface area (TPSA) is 30.5 Å². The van der Waals surface area contributed by atoms with Gasteiger partial charge in [0.2, 0.25) is 0 Å². The highest BCUT2D eigenvalue weighted by Crippen LogP contribution is 2.31. The number of para-hydroxylation sites is 1. The van der Waals surface area contributed by atoms with Crippen LogP contribution in [0.5, 0.6) is 11.5 Å². The summed E-state index contributed by atoms with van der Waals surface area (Å²) in [4.78, 5) is 0. The Morgan fingerprint density at radius 2 is 1.74 bits per heavy atom. The largest absolute Gasteiger partial charge is 0.493 e. The molecule has 0 bridgehead atoms. The molecule has 0 saturated heterocycles. The summed E-state index contributed by atoms with van der Waals surface area (Å²) >= 11 is 5.85. The fourth-order valence-corrected chi connectivity index (χ4v) is 1.98. The first-order valence-corrected chi connectivity index (χ1v) is 6.31. The second-order valence-corrected chi connectivity index (χ2v) is 4.45. The third-order valence-electron chi connectivity index (χ3n) is 2.81. The number of methoxy groups -OCH3 is 2. The maximum absolute atomic E-state index is 5.85. The average molecular weight is 278 g/mol. The van der Waals surface area contributed by atoms with Crippen LogP contribution in [0.3, 0.4) is 0 Å². The highest BCUT2D eigenvalue weighted by molar-refractivity contribution is 6.30. The molecule has 0 aliphatic carbocycles. The SMILES string of the molecule is COc1cccc(CNc2ccc(Cl)cc2)c1OC. The van der Waals surface area contributed by atoms with Crippen molar-refractivity contribution in [3.8, 4) is 11.5 Å². The number of hydrogen-bond donors (Lipinski definition) is 1. The van der Waals surface area contributed by atoms with E-state index in [-0.39, 0.29) is 0 Å². The zero-order chi connectivity index (χ0) is 13.7. The third kappa shape index (κ3) is 3.32. The van der Waals surface area contributed by atoms with Crippen LogP contribution in [0.1, 0.15) is 5.56 Å². The molecule has 0 unspecified atom stereocenters. The monoisotopic (exact) mass is 277 g/mol. The van der Waals surface area contributed by atoms with E-state index >= 15 is 0 Å². The normalized spacial score (nSPS) is 10.1. The van der Waals surface area contributed by atoms with Gasteiger partial charge in [-0.3, -0.25) is 0 Å². The molecular formula is C15H16ClNO2. The van der Waals surface area contributed by atoms with Gasteiger partial charge in [0.15, 0.2) is 11.5 Å². The first-order valence-electron chi connectivity index (χ1n) is 5.94. The Hall–Kier alpha value is -1.87.